The van der Waals surface area contributed by atoms with Crippen molar-refractivity contribution >= 4 is 5.91 Å². The molecule has 1 fully saturated rings. The van der Waals surface area contributed by atoms with E-state index >= 15 is 0 Å². The highest BCUT2D eigenvalue weighted by Gasteiger charge is 2.29. The first-order chi connectivity index (χ1) is 10.1. The first kappa shape index (κ1) is 15.8. The van der Waals surface area contributed by atoms with Gasteiger partial charge in [0.1, 0.15) is 0 Å². The number of rotatable bonds is 5. The van der Waals surface area contributed by atoms with Crippen LogP contribution in [-0.2, 0) is 4.79 Å². The predicted molar refractivity (Wildman–Crippen MR) is 77.5 cm³/mol. The fourth-order valence-corrected chi connectivity index (χ4v) is 2.71. The van der Waals surface area contributed by atoms with Crippen molar-refractivity contribution in [2.45, 2.75) is 44.2 Å². The minimum atomic E-state index is -0.444. The van der Waals surface area contributed by atoms with E-state index in [2.05, 4.69) is 0 Å². The second-order valence-electron chi connectivity index (χ2n) is 5.45. The van der Waals surface area contributed by atoms with Crippen molar-refractivity contribution in [3.05, 3.63) is 30.1 Å². The molecule has 1 saturated carbocycles. The lowest BCUT2D eigenvalue weighted by Crippen LogP contribution is -2.46. The van der Waals surface area contributed by atoms with E-state index in [1.807, 2.05) is 0 Å². The number of benzene rings is 1. The van der Waals surface area contributed by atoms with Gasteiger partial charge in [0.15, 0.2) is 11.6 Å². The van der Waals surface area contributed by atoms with Gasteiger partial charge in [0.05, 0.1) is 25.2 Å². The van der Waals surface area contributed by atoms with Crippen LogP contribution in [0.5, 0.6) is 5.75 Å². The Hall–Kier alpha value is -1.62. The van der Waals surface area contributed by atoms with Gasteiger partial charge in [-0.15, -0.1) is 0 Å². The minimum Gasteiger partial charge on any atom is -0.490 e. The van der Waals surface area contributed by atoms with Gasteiger partial charge in [0, 0.05) is 7.05 Å². The molecule has 1 N–H and O–H groups in total. The molecule has 0 radical (unpaired) electrons. The molecule has 0 heterocycles. The van der Waals surface area contributed by atoms with Crippen LogP contribution in [0.4, 0.5) is 4.39 Å². The van der Waals surface area contributed by atoms with Gasteiger partial charge in [-0.05, 0) is 25.0 Å². The van der Waals surface area contributed by atoms with Crippen molar-refractivity contribution in [2.24, 2.45) is 0 Å². The van der Waals surface area contributed by atoms with Crippen LogP contribution in [0.25, 0.3) is 0 Å². The van der Waals surface area contributed by atoms with E-state index in [9.17, 15) is 14.3 Å². The van der Waals surface area contributed by atoms with E-state index in [-0.39, 0.29) is 30.7 Å². The SMILES string of the molecule is CN(C(=O)CCOc1ccccc1F)C1CCCCC1O. The Morgan fingerprint density at radius 2 is 2.10 bits per heavy atom. The lowest BCUT2D eigenvalue weighted by atomic mass is 9.91. The average molecular weight is 295 g/mol. The summed E-state index contributed by atoms with van der Waals surface area (Å²) in [5, 5.41) is 9.95. The molecule has 0 saturated heterocycles. The number of carbonyl (C=O) groups excluding carboxylic acids is 1. The highest BCUT2D eigenvalue weighted by molar-refractivity contribution is 5.76. The number of ether oxygens (including phenoxy) is 1. The predicted octanol–water partition coefficient (Wildman–Crippen LogP) is 2.36. The molecule has 21 heavy (non-hydrogen) atoms. The number of nitrogens with zero attached hydrogens (tertiary/aromatic N) is 1. The zero-order chi connectivity index (χ0) is 15.2. The standard InChI is InChI=1S/C16H22FNO3/c1-18(13-7-3-4-8-14(13)19)16(20)10-11-21-15-9-5-2-6-12(15)17/h2,5-6,9,13-14,19H,3-4,7-8,10-11H2,1H3. The van der Waals surface area contributed by atoms with Gasteiger partial charge in [0.2, 0.25) is 5.91 Å². The monoisotopic (exact) mass is 295 g/mol. The third kappa shape index (κ3) is 4.17. The molecule has 1 aromatic rings. The molecule has 116 valence electrons. The smallest absolute Gasteiger partial charge is 0.226 e. The quantitative estimate of drug-likeness (QED) is 0.907. The van der Waals surface area contributed by atoms with Gasteiger partial charge in [-0.3, -0.25) is 4.79 Å². The van der Waals surface area contributed by atoms with E-state index < -0.39 is 11.9 Å². The lowest BCUT2D eigenvalue weighted by Gasteiger charge is -2.35. The van der Waals surface area contributed by atoms with Gasteiger partial charge in [0.25, 0.3) is 0 Å². The van der Waals surface area contributed by atoms with Gasteiger partial charge >= 0.3 is 0 Å². The maximum absolute atomic E-state index is 13.4. The fourth-order valence-electron chi connectivity index (χ4n) is 2.71. The molecule has 1 amide bonds. The first-order valence-corrected chi connectivity index (χ1v) is 7.40. The molecule has 1 aromatic carbocycles. The number of aliphatic hydroxyl groups excluding tert-OH is 1. The minimum absolute atomic E-state index is 0.0858. The molecule has 0 aliphatic heterocycles. The van der Waals surface area contributed by atoms with Crippen LogP contribution in [0.3, 0.4) is 0 Å². The molecule has 1 aliphatic carbocycles. The van der Waals surface area contributed by atoms with Crippen LogP contribution < -0.4 is 4.74 Å². The fraction of sp³-hybridized carbons (Fsp3) is 0.562. The van der Waals surface area contributed by atoms with Crippen molar-refractivity contribution in [3.63, 3.8) is 0 Å². The van der Waals surface area contributed by atoms with Crippen molar-refractivity contribution < 1.29 is 19.0 Å². The number of carbonyl (C=O) groups is 1. The molecule has 5 heteroatoms. The van der Waals surface area contributed by atoms with Gasteiger partial charge in [-0.2, -0.15) is 0 Å². The Balaban J connectivity index is 1.80. The number of para-hydroxylation sites is 1. The first-order valence-electron chi connectivity index (χ1n) is 7.40. The van der Waals surface area contributed by atoms with Gasteiger partial charge in [-0.1, -0.05) is 25.0 Å². The van der Waals surface area contributed by atoms with Crippen molar-refractivity contribution in [1.29, 1.82) is 0 Å². The van der Waals surface area contributed by atoms with Crippen molar-refractivity contribution in [1.82, 2.24) is 4.90 Å². The third-order valence-corrected chi connectivity index (χ3v) is 3.99. The molecule has 0 aromatic heterocycles. The topological polar surface area (TPSA) is 49.8 Å². The summed E-state index contributed by atoms with van der Waals surface area (Å²) < 4.78 is 18.6. The summed E-state index contributed by atoms with van der Waals surface area (Å²) in [5.41, 5.74) is 0. The molecule has 2 atom stereocenters. The molecule has 2 unspecified atom stereocenters. The summed E-state index contributed by atoms with van der Waals surface area (Å²) in [5.74, 6) is -0.357. The maximum atomic E-state index is 13.4. The second-order valence-corrected chi connectivity index (χ2v) is 5.45. The molecular formula is C16H22FNO3. The van der Waals surface area contributed by atoms with Crippen molar-refractivity contribution in [2.75, 3.05) is 13.7 Å². The molecule has 1 aliphatic rings. The normalized spacial score (nSPS) is 21.9. The van der Waals surface area contributed by atoms with E-state index in [1.165, 1.54) is 12.1 Å². The Morgan fingerprint density at radius 1 is 1.38 bits per heavy atom. The molecular weight excluding hydrogens is 273 g/mol. The summed E-state index contributed by atoms with van der Waals surface area (Å²) in [7, 11) is 1.71. The van der Waals surface area contributed by atoms with E-state index in [4.69, 9.17) is 4.74 Å². The lowest BCUT2D eigenvalue weighted by molar-refractivity contribution is -0.135. The largest absolute Gasteiger partial charge is 0.490 e. The van der Waals surface area contributed by atoms with Crippen LogP contribution in [0.1, 0.15) is 32.1 Å². The van der Waals surface area contributed by atoms with Crippen LogP contribution in [0.15, 0.2) is 24.3 Å². The van der Waals surface area contributed by atoms with Crippen LogP contribution in [-0.4, -0.2) is 41.7 Å². The number of amides is 1. The van der Waals surface area contributed by atoms with Crippen LogP contribution >= 0.6 is 0 Å². The second kappa shape index (κ2) is 7.41. The highest BCUT2D eigenvalue weighted by atomic mass is 19.1. The summed E-state index contributed by atoms with van der Waals surface area (Å²) in [6, 6.07) is 6.02. The summed E-state index contributed by atoms with van der Waals surface area (Å²) >= 11 is 0. The zero-order valence-electron chi connectivity index (χ0n) is 12.3. The van der Waals surface area contributed by atoms with Gasteiger partial charge in [-0.25, -0.2) is 4.39 Å². The molecule has 0 bridgehead atoms. The molecule has 2 rings (SSSR count). The Kier molecular flexibility index (Phi) is 5.56. The van der Waals surface area contributed by atoms with E-state index in [0.29, 0.717) is 0 Å². The third-order valence-electron chi connectivity index (χ3n) is 3.99. The van der Waals surface area contributed by atoms with Crippen LogP contribution in [0.2, 0.25) is 0 Å². The number of hydrogen-bond donors (Lipinski definition) is 1. The molecule has 0 spiro atoms. The average Bonchev–Trinajstić information content (AvgIpc) is 2.49. The summed E-state index contributed by atoms with van der Waals surface area (Å²) in [6.07, 6.45) is 3.35. The van der Waals surface area contributed by atoms with Crippen molar-refractivity contribution in [3.8, 4) is 5.75 Å². The number of aliphatic hydroxyl groups is 1. The Labute approximate surface area is 124 Å². The summed E-state index contributed by atoms with van der Waals surface area (Å²) in [6.45, 7) is 0.132. The van der Waals surface area contributed by atoms with E-state index in [0.717, 1.165) is 25.7 Å². The zero-order valence-corrected chi connectivity index (χ0v) is 12.3. The van der Waals surface area contributed by atoms with Gasteiger partial charge < -0.3 is 14.7 Å². The Morgan fingerprint density at radius 3 is 2.81 bits per heavy atom. The number of hydrogen-bond acceptors (Lipinski definition) is 3. The summed E-state index contributed by atoms with van der Waals surface area (Å²) in [4.78, 5) is 13.7. The highest BCUT2D eigenvalue weighted by Crippen LogP contribution is 2.23. The molecule has 4 nitrogen and oxygen atoms in total. The maximum Gasteiger partial charge on any atom is 0.226 e. The Bertz CT molecular complexity index is 480. The number of likely N-dealkylation sites (N-methyl/N-ethyl adjacent to an activating group) is 1. The van der Waals surface area contributed by atoms with Crippen LogP contribution in [0, 0.1) is 5.82 Å². The van der Waals surface area contributed by atoms with E-state index in [1.54, 1.807) is 24.1 Å². The number of halogens is 1.